The van der Waals surface area contributed by atoms with Crippen molar-refractivity contribution in [3.63, 3.8) is 0 Å². The van der Waals surface area contributed by atoms with Crippen molar-refractivity contribution >= 4 is 21.4 Å². The van der Waals surface area contributed by atoms with Crippen LogP contribution in [0.15, 0.2) is 40.6 Å². The standard InChI is InChI=1S/C16H19NO2S2/c1-11-5-8-14(10-12(11)2)21(18,19)17-16(13-6-7-13)15-4-3-9-20-15/h3-5,8-10,13,16-17H,6-7H2,1-2H3/t16-/m1/s1. The topological polar surface area (TPSA) is 46.2 Å². The Kier molecular flexibility index (Phi) is 3.90. The van der Waals surface area contributed by atoms with Crippen LogP contribution in [-0.2, 0) is 10.0 Å². The van der Waals surface area contributed by atoms with Gasteiger partial charge in [0.25, 0.3) is 0 Å². The van der Waals surface area contributed by atoms with Crippen molar-refractivity contribution in [3.8, 4) is 0 Å². The Labute approximate surface area is 130 Å². The van der Waals surface area contributed by atoms with Crippen molar-refractivity contribution in [3.05, 3.63) is 51.7 Å². The van der Waals surface area contributed by atoms with E-state index >= 15 is 0 Å². The van der Waals surface area contributed by atoms with Gasteiger partial charge in [-0.3, -0.25) is 0 Å². The van der Waals surface area contributed by atoms with Crippen molar-refractivity contribution in [2.24, 2.45) is 5.92 Å². The zero-order valence-electron chi connectivity index (χ0n) is 12.2. The van der Waals surface area contributed by atoms with Crippen LogP contribution < -0.4 is 4.72 Å². The van der Waals surface area contributed by atoms with Crippen LogP contribution in [0.3, 0.4) is 0 Å². The third-order valence-electron chi connectivity index (χ3n) is 4.01. The Morgan fingerprint density at radius 1 is 1.19 bits per heavy atom. The smallest absolute Gasteiger partial charge is 0.207 e. The van der Waals surface area contributed by atoms with E-state index in [1.165, 1.54) is 0 Å². The molecule has 1 N–H and O–H groups in total. The van der Waals surface area contributed by atoms with Crippen LogP contribution in [-0.4, -0.2) is 8.42 Å². The number of hydrogen-bond acceptors (Lipinski definition) is 3. The van der Waals surface area contributed by atoms with Crippen LogP contribution in [0.2, 0.25) is 0 Å². The number of nitrogens with one attached hydrogen (secondary N) is 1. The van der Waals surface area contributed by atoms with E-state index in [4.69, 9.17) is 0 Å². The highest BCUT2D eigenvalue weighted by Gasteiger charge is 2.36. The molecule has 1 fully saturated rings. The van der Waals surface area contributed by atoms with Gasteiger partial charge in [-0.05, 0) is 67.3 Å². The summed E-state index contributed by atoms with van der Waals surface area (Å²) in [7, 11) is -3.47. The van der Waals surface area contributed by atoms with Crippen molar-refractivity contribution in [2.45, 2.75) is 37.6 Å². The number of benzene rings is 1. The molecule has 0 amide bonds. The van der Waals surface area contributed by atoms with Gasteiger partial charge in [0.2, 0.25) is 10.0 Å². The highest BCUT2D eigenvalue weighted by molar-refractivity contribution is 7.89. The van der Waals surface area contributed by atoms with Gasteiger partial charge in [-0.15, -0.1) is 11.3 Å². The Balaban J connectivity index is 1.89. The average Bonchev–Trinajstić information content (AvgIpc) is 3.13. The summed E-state index contributed by atoms with van der Waals surface area (Å²) in [4.78, 5) is 1.46. The summed E-state index contributed by atoms with van der Waals surface area (Å²) in [5.41, 5.74) is 2.10. The van der Waals surface area contributed by atoms with Gasteiger partial charge in [0.1, 0.15) is 0 Å². The Morgan fingerprint density at radius 3 is 2.52 bits per heavy atom. The molecule has 1 aliphatic rings. The zero-order valence-corrected chi connectivity index (χ0v) is 13.8. The van der Waals surface area contributed by atoms with Gasteiger partial charge in [-0.25, -0.2) is 13.1 Å². The fraction of sp³-hybridized carbons (Fsp3) is 0.375. The van der Waals surface area contributed by atoms with Crippen molar-refractivity contribution < 1.29 is 8.42 Å². The third kappa shape index (κ3) is 3.20. The summed E-state index contributed by atoms with van der Waals surface area (Å²) in [6.07, 6.45) is 2.19. The summed E-state index contributed by atoms with van der Waals surface area (Å²) in [6.45, 7) is 3.92. The van der Waals surface area contributed by atoms with Gasteiger partial charge >= 0.3 is 0 Å². The summed E-state index contributed by atoms with van der Waals surface area (Å²) in [6, 6.07) is 9.19. The third-order valence-corrected chi connectivity index (χ3v) is 6.41. The van der Waals surface area contributed by atoms with E-state index in [-0.39, 0.29) is 6.04 Å². The predicted molar refractivity (Wildman–Crippen MR) is 86.0 cm³/mol. The molecule has 1 aliphatic carbocycles. The fourth-order valence-electron chi connectivity index (χ4n) is 2.40. The molecular weight excluding hydrogens is 302 g/mol. The molecule has 1 heterocycles. The van der Waals surface area contributed by atoms with E-state index < -0.39 is 10.0 Å². The highest BCUT2D eigenvalue weighted by atomic mass is 32.2. The number of rotatable bonds is 5. The quantitative estimate of drug-likeness (QED) is 0.910. The molecule has 0 spiro atoms. The molecule has 112 valence electrons. The van der Waals surface area contributed by atoms with E-state index in [1.54, 1.807) is 23.5 Å². The van der Waals surface area contributed by atoms with Gasteiger partial charge in [-0.1, -0.05) is 12.1 Å². The van der Waals surface area contributed by atoms with Crippen molar-refractivity contribution in [2.75, 3.05) is 0 Å². The fourth-order valence-corrected chi connectivity index (χ4v) is 4.71. The SMILES string of the molecule is Cc1ccc(S(=O)(=O)N[C@@H](c2cccs2)C2CC2)cc1C. The van der Waals surface area contributed by atoms with Gasteiger partial charge in [0.15, 0.2) is 0 Å². The molecule has 3 nitrogen and oxygen atoms in total. The summed E-state index contributed by atoms with van der Waals surface area (Å²) < 4.78 is 28.2. The second-order valence-electron chi connectivity index (χ2n) is 5.70. The van der Waals surface area contributed by atoms with Crippen LogP contribution in [0.4, 0.5) is 0 Å². The van der Waals surface area contributed by atoms with Gasteiger partial charge < -0.3 is 0 Å². The van der Waals surface area contributed by atoms with E-state index in [2.05, 4.69) is 4.72 Å². The van der Waals surface area contributed by atoms with Crippen molar-refractivity contribution in [1.29, 1.82) is 0 Å². The normalized spacial score (nSPS) is 16.9. The molecule has 5 heteroatoms. The molecule has 1 aromatic heterocycles. The number of aryl methyl sites for hydroxylation is 2. The maximum Gasteiger partial charge on any atom is 0.241 e. The largest absolute Gasteiger partial charge is 0.241 e. The van der Waals surface area contributed by atoms with Crippen LogP contribution in [0.5, 0.6) is 0 Å². The maximum atomic E-state index is 12.6. The molecule has 0 aliphatic heterocycles. The molecular formula is C16H19NO2S2. The second kappa shape index (κ2) is 5.55. The van der Waals surface area contributed by atoms with Crippen LogP contribution in [0, 0.1) is 19.8 Å². The Hall–Kier alpha value is -1.17. The number of sulfonamides is 1. The van der Waals surface area contributed by atoms with Gasteiger partial charge in [-0.2, -0.15) is 0 Å². The van der Waals surface area contributed by atoms with Crippen molar-refractivity contribution in [1.82, 2.24) is 4.72 Å². The van der Waals surface area contributed by atoms with E-state index in [0.717, 1.165) is 28.8 Å². The first kappa shape index (κ1) is 14.8. The lowest BCUT2D eigenvalue weighted by Crippen LogP contribution is -2.29. The van der Waals surface area contributed by atoms with Gasteiger partial charge in [0.05, 0.1) is 10.9 Å². The minimum absolute atomic E-state index is 0.0865. The second-order valence-corrected chi connectivity index (χ2v) is 8.39. The minimum atomic E-state index is -3.47. The molecule has 1 saturated carbocycles. The average molecular weight is 321 g/mol. The maximum absolute atomic E-state index is 12.6. The molecule has 0 unspecified atom stereocenters. The lowest BCUT2D eigenvalue weighted by Gasteiger charge is -2.17. The molecule has 1 atom stereocenters. The van der Waals surface area contributed by atoms with Gasteiger partial charge in [0, 0.05) is 4.88 Å². The predicted octanol–water partition coefficient (Wildman–Crippen LogP) is 3.79. The molecule has 21 heavy (non-hydrogen) atoms. The van der Waals surface area contributed by atoms with E-state index in [9.17, 15) is 8.42 Å². The van der Waals surface area contributed by atoms with Crippen LogP contribution in [0.25, 0.3) is 0 Å². The molecule has 0 radical (unpaired) electrons. The van der Waals surface area contributed by atoms with E-state index in [1.807, 2.05) is 37.4 Å². The molecule has 0 saturated heterocycles. The lowest BCUT2D eigenvalue weighted by molar-refractivity contribution is 0.533. The number of thiophene rings is 1. The first-order valence-corrected chi connectivity index (χ1v) is 9.46. The van der Waals surface area contributed by atoms with Crippen LogP contribution in [0.1, 0.15) is 34.9 Å². The van der Waals surface area contributed by atoms with E-state index in [0.29, 0.717) is 10.8 Å². The summed E-state index contributed by atoms with van der Waals surface area (Å²) in [5, 5.41) is 2.00. The summed E-state index contributed by atoms with van der Waals surface area (Å²) in [5.74, 6) is 0.435. The lowest BCUT2D eigenvalue weighted by atomic mass is 10.1. The number of hydrogen-bond donors (Lipinski definition) is 1. The minimum Gasteiger partial charge on any atom is -0.207 e. The van der Waals surface area contributed by atoms with Crippen LogP contribution >= 0.6 is 11.3 Å². The highest BCUT2D eigenvalue weighted by Crippen LogP contribution is 2.43. The molecule has 1 aromatic carbocycles. The Morgan fingerprint density at radius 2 is 1.95 bits per heavy atom. The first-order chi connectivity index (χ1) is 9.97. The first-order valence-electron chi connectivity index (χ1n) is 7.10. The molecule has 0 bridgehead atoms. The Bertz CT molecular complexity index is 732. The summed E-state index contributed by atoms with van der Waals surface area (Å²) >= 11 is 1.61. The molecule has 2 aromatic rings. The molecule has 3 rings (SSSR count). The monoisotopic (exact) mass is 321 g/mol. The zero-order chi connectivity index (χ0) is 15.0.